The van der Waals surface area contributed by atoms with Gasteiger partial charge in [-0.1, -0.05) is 12.1 Å². The molecule has 0 spiro atoms. The first kappa shape index (κ1) is 13.7. The summed E-state index contributed by atoms with van der Waals surface area (Å²) in [5.41, 5.74) is 12.7. The van der Waals surface area contributed by atoms with E-state index >= 15 is 0 Å². The van der Waals surface area contributed by atoms with Gasteiger partial charge in [0.25, 0.3) is 5.91 Å². The van der Waals surface area contributed by atoms with Crippen LogP contribution in [0.15, 0.2) is 42.5 Å². The average Bonchev–Trinajstić information content (AvgIpc) is 2.39. The minimum Gasteiger partial charge on any atom is -0.488 e. The van der Waals surface area contributed by atoms with Crippen LogP contribution < -0.4 is 16.2 Å². The van der Waals surface area contributed by atoms with Crippen molar-refractivity contribution >= 4 is 34.2 Å². The van der Waals surface area contributed by atoms with Crippen LogP contribution in [0, 0.1) is 3.57 Å². The molecule has 0 aliphatic carbocycles. The van der Waals surface area contributed by atoms with Gasteiger partial charge in [-0.05, 0) is 58.5 Å². The van der Waals surface area contributed by atoms with Gasteiger partial charge >= 0.3 is 0 Å². The average molecular weight is 368 g/mol. The molecule has 0 aliphatic heterocycles. The summed E-state index contributed by atoms with van der Waals surface area (Å²) in [4.78, 5) is 11.3. The summed E-state index contributed by atoms with van der Waals surface area (Å²) in [6.45, 7) is 0.376. The Morgan fingerprint density at radius 3 is 2.47 bits per heavy atom. The molecule has 98 valence electrons. The zero-order valence-corrected chi connectivity index (χ0v) is 12.3. The number of carbonyl (C=O) groups is 1. The van der Waals surface area contributed by atoms with Crippen LogP contribution in [-0.2, 0) is 6.61 Å². The van der Waals surface area contributed by atoms with E-state index in [1.165, 1.54) is 6.07 Å². The van der Waals surface area contributed by atoms with Gasteiger partial charge in [0, 0.05) is 9.26 Å². The van der Waals surface area contributed by atoms with Crippen molar-refractivity contribution in [2.45, 2.75) is 6.61 Å². The Morgan fingerprint density at radius 2 is 1.84 bits per heavy atom. The highest BCUT2D eigenvalue weighted by atomic mass is 127. The highest BCUT2D eigenvalue weighted by molar-refractivity contribution is 14.1. The van der Waals surface area contributed by atoms with Crippen LogP contribution in [-0.4, -0.2) is 5.91 Å². The van der Waals surface area contributed by atoms with E-state index in [0.717, 1.165) is 9.13 Å². The summed E-state index contributed by atoms with van der Waals surface area (Å²) in [6.07, 6.45) is 0. The first-order chi connectivity index (χ1) is 9.06. The Hall–Kier alpha value is -1.76. The summed E-state index contributed by atoms with van der Waals surface area (Å²) in [5.74, 6) is -0.106. The lowest BCUT2D eigenvalue weighted by Crippen LogP contribution is -2.13. The Labute approximate surface area is 124 Å². The van der Waals surface area contributed by atoms with Crippen molar-refractivity contribution in [1.82, 2.24) is 0 Å². The fourth-order valence-electron chi connectivity index (χ4n) is 1.61. The predicted octanol–water partition coefficient (Wildman–Crippen LogP) is 2.55. The molecule has 0 radical (unpaired) electrons. The second-order valence-electron chi connectivity index (χ2n) is 4.03. The summed E-state index contributed by atoms with van der Waals surface area (Å²) in [7, 11) is 0. The van der Waals surface area contributed by atoms with Crippen LogP contribution in [0.1, 0.15) is 15.9 Å². The molecule has 0 saturated carbocycles. The van der Waals surface area contributed by atoms with Crippen molar-refractivity contribution in [2.24, 2.45) is 5.73 Å². The lowest BCUT2D eigenvalue weighted by Gasteiger charge is -2.10. The van der Waals surface area contributed by atoms with Gasteiger partial charge in [0.1, 0.15) is 12.4 Å². The number of halogens is 1. The van der Waals surface area contributed by atoms with Crippen molar-refractivity contribution < 1.29 is 9.53 Å². The van der Waals surface area contributed by atoms with Gasteiger partial charge in [-0.25, -0.2) is 0 Å². The van der Waals surface area contributed by atoms with E-state index in [4.69, 9.17) is 16.2 Å². The molecule has 4 nitrogen and oxygen atoms in total. The van der Waals surface area contributed by atoms with Gasteiger partial charge in [-0.15, -0.1) is 0 Å². The molecule has 0 aliphatic rings. The minimum absolute atomic E-state index is 0.297. The summed E-state index contributed by atoms with van der Waals surface area (Å²) < 4.78 is 6.78. The van der Waals surface area contributed by atoms with Crippen LogP contribution in [0.4, 0.5) is 5.69 Å². The summed E-state index contributed by atoms with van der Waals surface area (Å²) in [5, 5.41) is 0. The van der Waals surface area contributed by atoms with E-state index < -0.39 is 5.91 Å². The normalized spacial score (nSPS) is 10.2. The first-order valence-corrected chi connectivity index (χ1v) is 6.70. The summed E-state index contributed by atoms with van der Waals surface area (Å²) in [6, 6.07) is 12.8. The number of nitrogens with two attached hydrogens (primary N) is 2. The number of hydrogen-bond acceptors (Lipinski definition) is 3. The Morgan fingerprint density at radius 1 is 1.16 bits per heavy atom. The standard InChI is InChI=1S/C14H13IN2O2/c15-10-3-1-9(2-4-10)8-19-13-6-5-11(16)7-12(13)14(17)18/h1-7H,8,16H2,(H2,17,18). The number of benzene rings is 2. The maximum absolute atomic E-state index is 11.3. The smallest absolute Gasteiger partial charge is 0.252 e. The minimum atomic E-state index is -0.551. The number of carbonyl (C=O) groups excluding carboxylic acids is 1. The third-order valence-electron chi connectivity index (χ3n) is 2.58. The molecular weight excluding hydrogens is 355 g/mol. The Balaban J connectivity index is 2.15. The molecule has 4 N–H and O–H groups in total. The van der Waals surface area contributed by atoms with Crippen molar-refractivity contribution in [1.29, 1.82) is 0 Å². The maximum Gasteiger partial charge on any atom is 0.252 e. The Bertz CT molecular complexity index is 597. The van der Waals surface area contributed by atoms with Gasteiger partial charge in [-0.2, -0.15) is 0 Å². The van der Waals surface area contributed by atoms with Crippen LogP contribution in [0.3, 0.4) is 0 Å². The second-order valence-corrected chi connectivity index (χ2v) is 5.28. The van der Waals surface area contributed by atoms with E-state index in [9.17, 15) is 4.79 Å². The highest BCUT2D eigenvalue weighted by Gasteiger charge is 2.10. The fraction of sp³-hybridized carbons (Fsp3) is 0.0714. The molecule has 0 saturated heterocycles. The van der Waals surface area contributed by atoms with Crippen molar-refractivity contribution in [3.63, 3.8) is 0 Å². The van der Waals surface area contributed by atoms with E-state index in [0.29, 0.717) is 23.6 Å². The van der Waals surface area contributed by atoms with Crippen molar-refractivity contribution in [3.05, 3.63) is 57.2 Å². The van der Waals surface area contributed by atoms with E-state index in [2.05, 4.69) is 22.6 Å². The number of ether oxygens (including phenoxy) is 1. The molecule has 0 bridgehead atoms. The molecule has 0 aromatic heterocycles. The molecule has 0 heterocycles. The molecular formula is C14H13IN2O2. The number of amides is 1. The number of primary amides is 1. The van der Waals surface area contributed by atoms with Crippen LogP contribution in [0.2, 0.25) is 0 Å². The van der Waals surface area contributed by atoms with Crippen LogP contribution in [0.5, 0.6) is 5.75 Å². The predicted molar refractivity (Wildman–Crippen MR) is 82.9 cm³/mol. The second kappa shape index (κ2) is 5.92. The van der Waals surface area contributed by atoms with Crippen LogP contribution in [0.25, 0.3) is 0 Å². The van der Waals surface area contributed by atoms with Gasteiger partial charge < -0.3 is 16.2 Å². The molecule has 19 heavy (non-hydrogen) atoms. The maximum atomic E-state index is 11.3. The van der Waals surface area contributed by atoms with Crippen LogP contribution >= 0.6 is 22.6 Å². The molecule has 2 rings (SSSR count). The molecule has 1 amide bonds. The fourth-order valence-corrected chi connectivity index (χ4v) is 1.97. The lowest BCUT2D eigenvalue weighted by molar-refractivity contribution is 0.0996. The zero-order chi connectivity index (χ0) is 13.8. The molecule has 0 atom stereocenters. The number of nitrogen functional groups attached to an aromatic ring is 1. The third kappa shape index (κ3) is 3.60. The van der Waals surface area contributed by atoms with Gasteiger partial charge in [0.15, 0.2) is 0 Å². The van der Waals surface area contributed by atoms with Gasteiger partial charge in [-0.3, -0.25) is 4.79 Å². The van der Waals surface area contributed by atoms with Crippen molar-refractivity contribution in [3.8, 4) is 5.75 Å². The molecule has 2 aromatic rings. The van der Waals surface area contributed by atoms with Crippen molar-refractivity contribution in [2.75, 3.05) is 5.73 Å². The third-order valence-corrected chi connectivity index (χ3v) is 3.30. The Kier molecular flexibility index (Phi) is 4.26. The molecule has 0 unspecified atom stereocenters. The largest absolute Gasteiger partial charge is 0.488 e. The van der Waals surface area contributed by atoms with Gasteiger partial charge in [0.2, 0.25) is 0 Å². The zero-order valence-electron chi connectivity index (χ0n) is 10.1. The van der Waals surface area contributed by atoms with E-state index in [-0.39, 0.29) is 0 Å². The quantitative estimate of drug-likeness (QED) is 0.643. The van der Waals surface area contributed by atoms with E-state index in [1.807, 2.05) is 24.3 Å². The monoisotopic (exact) mass is 368 g/mol. The first-order valence-electron chi connectivity index (χ1n) is 5.63. The number of rotatable bonds is 4. The number of anilines is 1. The van der Waals surface area contributed by atoms with E-state index in [1.54, 1.807) is 12.1 Å². The molecule has 2 aromatic carbocycles. The van der Waals surface area contributed by atoms with Gasteiger partial charge in [0.05, 0.1) is 5.56 Å². The SMILES string of the molecule is NC(=O)c1cc(N)ccc1OCc1ccc(I)cc1. The lowest BCUT2D eigenvalue weighted by atomic mass is 10.1. The topological polar surface area (TPSA) is 78.3 Å². The highest BCUT2D eigenvalue weighted by Crippen LogP contribution is 2.22. The molecule has 0 fully saturated rings. The summed E-state index contributed by atoms with van der Waals surface area (Å²) >= 11 is 2.24. The molecule has 5 heteroatoms. The number of hydrogen-bond donors (Lipinski definition) is 2.